The molecule has 11 heteroatoms. The number of Topliss-reactive ketones (excluding diaryl/α,β-unsaturated/α-hetero) is 1. The molecule has 0 spiro atoms. The number of hydrogen-bond acceptors (Lipinski definition) is 8. The first-order valence-corrected chi connectivity index (χ1v) is 17.8. The summed E-state index contributed by atoms with van der Waals surface area (Å²) in [6.45, 7) is 3.10. The van der Waals surface area contributed by atoms with Crippen molar-refractivity contribution in [2.24, 2.45) is 28.6 Å². The van der Waals surface area contributed by atoms with Crippen LogP contribution in [0.4, 0.5) is 0 Å². The van der Waals surface area contributed by atoms with Crippen LogP contribution < -0.4 is 0 Å². The van der Waals surface area contributed by atoms with E-state index < -0.39 is 55.1 Å². The lowest BCUT2D eigenvalue weighted by molar-refractivity contribution is -0.200. The summed E-state index contributed by atoms with van der Waals surface area (Å²) >= 11 is 0. The fourth-order valence-electron chi connectivity index (χ4n) is 9.89. The van der Waals surface area contributed by atoms with Crippen molar-refractivity contribution in [2.45, 2.75) is 76.7 Å². The monoisotopic (exact) mass is 664 g/mol. The van der Waals surface area contributed by atoms with Gasteiger partial charge >= 0.3 is 7.82 Å². The van der Waals surface area contributed by atoms with Gasteiger partial charge in [-0.05, 0) is 72.8 Å². The number of phosphoric acid groups is 1. The molecule has 2 aromatic rings. The third kappa shape index (κ3) is 5.34. The number of carbonyl (C=O) groups is 2. The van der Waals surface area contributed by atoms with Gasteiger partial charge in [-0.2, -0.15) is 0 Å². The Balaban J connectivity index is 1.22. The van der Waals surface area contributed by atoms with Crippen molar-refractivity contribution in [1.82, 2.24) is 0 Å². The van der Waals surface area contributed by atoms with E-state index in [2.05, 4.69) is 6.92 Å². The normalized spacial score (nSPS) is 37.5. The van der Waals surface area contributed by atoms with Crippen LogP contribution in [0, 0.1) is 28.6 Å². The maximum atomic E-state index is 14.3. The zero-order chi connectivity index (χ0) is 33.4. The van der Waals surface area contributed by atoms with Crippen LogP contribution in [0.1, 0.15) is 68.1 Å². The van der Waals surface area contributed by atoms with Crippen LogP contribution in [0.2, 0.25) is 0 Å². The number of benzene rings is 2. The second-order valence-electron chi connectivity index (χ2n) is 14.3. The Bertz CT molecular complexity index is 1710. The summed E-state index contributed by atoms with van der Waals surface area (Å²) in [5, 5.41) is 21.5. The minimum atomic E-state index is -4.97. The first kappa shape index (κ1) is 32.7. The van der Waals surface area contributed by atoms with E-state index in [1.165, 1.54) is 0 Å². The summed E-state index contributed by atoms with van der Waals surface area (Å²) in [4.78, 5) is 45.5. The van der Waals surface area contributed by atoms with Gasteiger partial charge in [-0.15, -0.1) is 0 Å². The second-order valence-corrected chi connectivity index (χ2v) is 15.6. The molecule has 4 N–H and O–H groups in total. The van der Waals surface area contributed by atoms with Crippen LogP contribution in [0.3, 0.4) is 0 Å². The van der Waals surface area contributed by atoms with E-state index in [0.29, 0.717) is 24.8 Å². The van der Waals surface area contributed by atoms with E-state index in [9.17, 15) is 34.2 Å². The molecule has 4 aliphatic carbocycles. The molecule has 250 valence electrons. The number of aliphatic hydroxyl groups excluding tert-OH is 2. The summed E-state index contributed by atoms with van der Waals surface area (Å²) in [5.74, 6) is -0.960. The lowest BCUT2D eigenvalue weighted by Crippen LogP contribution is -2.63. The molecule has 1 heterocycles. The molecular formula is C36H41O10P. The average molecular weight is 665 g/mol. The van der Waals surface area contributed by atoms with Gasteiger partial charge in [-0.3, -0.25) is 14.1 Å². The van der Waals surface area contributed by atoms with E-state index in [0.717, 1.165) is 28.7 Å². The van der Waals surface area contributed by atoms with Crippen molar-refractivity contribution in [1.29, 1.82) is 0 Å². The van der Waals surface area contributed by atoms with Crippen molar-refractivity contribution in [3.05, 3.63) is 94.6 Å². The van der Waals surface area contributed by atoms with Crippen LogP contribution in [-0.2, 0) is 41.2 Å². The SMILES string of the molecule is C[C@]12C=CC(=O)C=C1CC[C@@H]1[C@@H]2[C@@H](O)C[C@@]2(C)[C@H]1C[C@H]1O[C@@H](c3cccc(Cc4cccc(CO)c4)c3)O[C@]12C(=O)COP(=O)(O)O. The van der Waals surface area contributed by atoms with E-state index in [1.807, 2.05) is 61.5 Å². The third-order valence-corrected chi connectivity index (χ3v) is 12.3. The number of aliphatic hydroxyl groups is 2. The largest absolute Gasteiger partial charge is 0.470 e. The molecule has 3 saturated carbocycles. The summed E-state index contributed by atoms with van der Waals surface area (Å²) < 4.78 is 29.8. The smallest absolute Gasteiger partial charge is 0.393 e. The van der Waals surface area contributed by atoms with Gasteiger partial charge in [-0.25, -0.2) is 4.57 Å². The van der Waals surface area contributed by atoms with Gasteiger partial charge < -0.3 is 29.5 Å². The maximum Gasteiger partial charge on any atom is 0.470 e. The fourth-order valence-corrected chi connectivity index (χ4v) is 10.2. The lowest BCUT2D eigenvalue weighted by atomic mass is 9.46. The van der Waals surface area contributed by atoms with Crippen molar-refractivity contribution in [2.75, 3.05) is 6.61 Å². The average Bonchev–Trinajstić information content (AvgIpc) is 3.53. The van der Waals surface area contributed by atoms with Crippen molar-refractivity contribution >= 4 is 19.4 Å². The molecular weight excluding hydrogens is 623 g/mol. The minimum Gasteiger partial charge on any atom is -0.393 e. The van der Waals surface area contributed by atoms with Crippen molar-refractivity contribution in [3.8, 4) is 0 Å². The number of carbonyl (C=O) groups excluding carboxylic acids is 2. The molecule has 0 amide bonds. The number of phosphoric ester groups is 1. The predicted molar refractivity (Wildman–Crippen MR) is 169 cm³/mol. The molecule has 1 saturated heterocycles. The number of rotatable bonds is 8. The Morgan fingerprint density at radius 1 is 1.09 bits per heavy atom. The van der Waals surface area contributed by atoms with Gasteiger partial charge in [-0.1, -0.05) is 74.0 Å². The van der Waals surface area contributed by atoms with Gasteiger partial charge in [0, 0.05) is 22.3 Å². The molecule has 0 unspecified atom stereocenters. The van der Waals surface area contributed by atoms with Crippen LogP contribution in [0.15, 0.2) is 72.3 Å². The number of ether oxygens (including phenoxy) is 2. The standard InChI is InChI=1S/C36H41O10P/c1-34-12-11-26(38)16-25(34)9-10-27-28-17-31-36(30(40)20-44-47(41,42)43,35(28,2)18-29(39)32(27)34)46-33(45-31)24-8-4-6-22(15-24)13-21-5-3-7-23(14-21)19-37/h3-8,11-12,14-16,27-29,31-33,37,39H,9-10,13,17-20H2,1-2H3,(H2,41,42,43)/t27-,28-,29-,31+,32+,33+,34-,35-,36+/m0/s1. The zero-order valence-electron chi connectivity index (χ0n) is 26.5. The lowest BCUT2D eigenvalue weighted by Gasteiger charge is -2.59. The zero-order valence-corrected chi connectivity index (χ0v) is 27.3. The number of allylic oxidation sites excluding steroid dienone is 4. The number of hydrogen-bond donors (Lipinski definition) is 4. The highest BCUT2D eigenvalue weighted by atomic mass is 31.2. The topological polar surface area (TPSA) is 160 Å². The highest BCUT2D eigenvalue weighted by Gasteiger charge is 2.76. The van der Waals surface area contributed by atoms with E-state index in [-0.39, 0.29) is 36.6 Å². The summed E-state index contributed by atoms with van der Waals surface area (Å²) in [7, 11) is -4.97. The predicted octanol–water partition coefficient (Wildman–Crippen LogP) is 4.49. The first-order valence-electron chi connectivity index (χ1n) is 16.2. The Hall–Kier alpha value is -2.79. The van der Waals surface area contributed by atoms with E-state index in [4.69, 9.17) is 14.0 Å². The molecule has 0 bridgehead atoms. The molecule has 9 atom stereocenters. The third-order valence-electron chi connectivity index (χ3n) is 11.8. The Morgan fingerprint density at radius 3 is 2.55 bits per heavy atom. The maximum absolute atomic E-state index is 14.3. The van der Waals surface area contributed by atoms with Gasteiger partial charge in [0.05, 0.1) is 18.8 Å². The molecule has 10 nitrogen and oxygen atoms in total. The highest BCUT2D eigenvalue weighted by Crippen LogP contribution is 2.70. The molecule has 4 fully saturated rings. The van der Waals surface area contributed by atoms with E-state index in [1.54, 1.807) is 12.2 Å². The van der Waals surface area contributed by atoms with Gasteiger partial charge in [0.15, 0.2) is 23.5 Å². The van der Waals surface area contributed by atoms with Gasteiger partial charge in [0.2, 0.25) is 0 Å². The Labute approximate surface area is 273 Å². The minimum absolute atomic E-state index is 0.00890. The number of ketones is 2. The summed E-state index contributed by atoms with van der Waals surface area (Å²) in [6, 6.07) is 15.4. The van der Waals surface area contributed by atoms with Crippen molar-refractivity contribution in [3.63, 3.8) is 0 Å². The Morgan fingerprint density at radius 2 is 1.81 bits per heavy atom. The van der Waals surface area contributed by atoms with Crippen LogP contribution in [0.5, 0.6) is 0 Å². The summed E-state index contributed by atoms with van der Waals surface area (Å²) in [6.07, 6.45) is 5.39. The first-order chi connectivity index (χ1) is 22.3. The number of fused-ring (bicyclic) bond motifs is 7. The van der Waals surface area contributed by atoms with Crippen LogP contribution in [-0.4, -0.2) is 56.0 Å². The van der Waals surface area contributed by atoms with E-state index >= 15 is 0 Å². The molecule has 1 aliphatic heterocycles. The second kappa shape index (κ2) is 11.7. The molecule has 2 aromatic carbocycles. The van der Waals surface area contributed by atoms with Crippen LogP contribution >= 0.6 is 7.82 Å². The molecule has 47 heavy (non-hydrogen) atoms. The fraction of sp³-hybridized carbons (Fsp3) is 0.500. The molecule has 0 radical (unpaired) electrons. The van der Waals surface area contributed by atoms with Gasteiger partial charge in [0.1, 0.15) is 6.61 Å². The summed E-state index contributed by atoms with van der Waals surface area (Å²) in [5.41, 5.74) is 1.48. The Kier molecular flexibility index (Phi) is 8.13. The highest BCUT2D eigenvalue weighted by molar-refractivity contribution is 7.46. The molecule has 7 rings (SSSR count). The van der Waals surface area contributed by atoms with Gasteiger partial charge in [0.25, 0.3) is 0 Å². The quantitative estimate of drug-likeness (QED) is 0.296. The van der Waals surface area contributed by atoms with Crippen LogP contribution in [0.25, 0.3) is 0 Å². The van der Waals surface area contributed by atoms with Crippen molar-refractivity contribution < 1.29 is 48.2 Å². The molecule has 0 aromatic heterocycles. The molecule has 5 aliphatic rings.